The molecule has 0 saturated carbocycles. The van der Waals surface area contributed by atoms with Crippen LogP contribution in [0.3, 0.4) is 0 Å². The van der Waals surface area contributed by atoms with E-state index in [2.05, 4.69) is 10.1 Å². The fourth-order valence-electron chi connectivity index (χ4n) is 2.96. The maximum Gasteiger partial charge on any atom is 0.236 e. The zero-order valence-electron chi connectivity index (χ0n) is 15.2. The third kappa shape index (κ3) is 3.69. The Kier molecular flexibility index (Phi) is 4.97. The Bertz CT molecular complexity index is 1090. The van der Waals surface area contributed by atoms with Crippen molar-refractivity contribution in [3.63, 3.8) is 0 Å². The number of methoxy groups -OCH3 is 1. The van der Waals surface area contributed by atoms with Gasteiger partial charge in [-0.25, -0.2) is 8.42 Å². The molecule has 0 atom stereocenters. The number of sulfonamides is 1. The highest BCUT2D eigenvalue weighted by Gasteiger charge is 2.38. The molecule has 0 bridgehead atoms. The molecule has 2 heterocycles. The van der Waals surface area contributed by atoms with Crippen LogP contribution in [-0.4, -0.2) is 43.1 Å². The Morgan fingerprint density at radius 2 is 1.82 bits per heavy atom. The Morgan fingerprint density at radius 1 is 1.11 bits per heavy atom. The number of benzene rings is 2. The molecule has 2 aromatic carbocycles. The zero-order chi connectivity index (χ0) is 19.6. The summed E-state index contributed by atoms with van der Waals surface area (Å²) in [6.45, 7) is 0.629. The van der Waals surface area contributed by atoms with E-state index in [9.17, 15) is 8.42 Å². The van der Waals surface area contributed by atoms with Gasteiger partial charge in [0, 0.05) is 18.5 Å². The number of nitrogens with zero attached hydrogens (tertiary/aromatic N) is 3. The molecule has 1 saturated heterocycles. The highest BCUT2D eigenvalue weighted by Crippen LogP contribution is 2.32. The molecule has 0 amide bonds. The molecule has 0 N–H and O–H groups in total. The van der Waals surface area contributed by atoms with E-state index in [1.807, 2.05) is 54.6 Å². The van der Waals surface area contributed by atoms with Crippen molar-refractivity contribution in [2.45, 2.75) is 5.92 Å². The minimum atomic E-state index is -3.48. The van der Waals surface area contributed by atoms with E-state index in [-0.39, 0.29) is 5.92 Å². The maximum atomic E-state index is 12.4. The second-order valence-corrected chi connectivity index (χ2v) is 8.25. The van der Waals surface area contributed by atoms with E-state index >= 15 is 0 Å². The molecule has 8 heteroatoms. The molecule has 3 aromatic rings. The summed E-state index contributed by atoms with van der Waals surface area (Å²) in [5.74, 6) is 1.40. The van der Waals surface area contributed by atoms with Crippen molar-refractivity contribution < 1.29 is 17.7 Å². The van der Waals surface area contributed by atoms with E-state index in [0.29, 0.717) is 30.6 Å². The third-order valence-electron chi connectivity index (χ3n) is 4.58. The highest BCUT2D eigenvalue weighted by atomic mass is 32.2. The van der Waals surface area contributed by atoms with Gasteiger partial charge in [-0.2, -0.15) is 9.29 Å². The molecule has 4 rings (SSSR count). The maximum absolute atomic E-state index is 12.4. The van der Waals surface area contributed by atoms with Gasteiger partial charge in [-0.3, -0.25) is 0 Å². The summed E-state index contributed by atoms with van der Waals surface area (Å²) in [5.41, 5.74) is 1.57. The fourth-order valence-corrected chi connectivity index (χ4v) is 4.23. The Balaban J connectivity index is 1.43. The summed E-state index contributed by atoms with van der Waals surface area (Å²) in [6, 6.07) is 16.7. The van der Waals surface area contributed by atoms with Gasteiger partial charge in [0.2, 0.25) is 21.7 Å². The van der Waals surface area contributed by atoms with Crippen molar-refractivity contribution in [2.24, 2.45) is 0 Å². The number of ether oxygens (including phenoxy) is 1. The third-order valence-corrected chi connectivity index (χ3v) is 6.08. The number of aromatic nitrogens is 2. The summed E-state index contributed by atoms with van der Waals surface area (Å²) in [7, 11) is -1.89. The Labute approximate surface area is 163 Å². The smallest absolute Gasteiger partial charge is 0.236 e. The molecular weight excluding hydrogens is 378 g/mol. The summed E-state index contributed by atoms with van der Waals surface area (Å²) < 4.78 is 36.9. The van der Waals surface area contributed by atoms with Crippen LogP contribution >= 0.6 is 0 Å². The van der Waals surface area contributed by atoms with Gasteiger partial charge >= 0.3 is 0 Å². The van der Waals surface area contributed by atoms with Gasteiger partial charge in [-0.1, -0.05) is 47.6 Å². The fraction of sp³-hybridized carbons (Fsp3) is 0.200. The molecule has 1 aliphatic heterocycles. The van der Waals surface area contributed by atoms with Crippen LogP contribution in [0.15, 0.2) is 64.5 Å². The van der Waals surface area contributed by atoms with Crippen molar-refractivity contribution in [3.05, 3.63) is 71.5 Å². The van der Waals surface area contributed by atoms with Crippen molar-refractivity contribution in [3.8, 4) is 17.1 Å². The van der Waals surface area contributed by atoms with Crippen LogP contribution in [-0.2, 0) is 10.0 Å². The lowest BCUT2D eigenvalue weighted by Crippen LogP contribution is -2.47. The van der Waals surface area contributed by atoms with Crippen molar-refractivity contribution in [1.82, 2.24) is 14.4 Å². The van der Waals surface area contributed by atoms with E-state index in [1.165, 1.54) is 9.71 Å². The number of hydrogen-bond donors (Lipinski definition) is 0. The van der Waals surface area contributed by atoms with Crippen molar-refractivity contribution in [1.29, 1.82) is 0 Å². The average molecular weight is 397 g/mol. The van der Waals surface area contributed by atoms with Gasteiger partial charge in [0.05, 0.1) is 18.6 Å². The summed E-state index contributed by atoms with van der Waals surface area (Å²) in [5, 5.41) is 5.24. The van der Waals surface area contributed by atoms with Gasteiger partial charge in [0.15, 0.2) is 0 Å². The van der Waals surface area contributed by atoms with Crippen molar-refractivity contribution >= 4 is 16.1 Å². The quantitative estimate of drug-likeness (QED) is 0.635. The number of para-hydroxylation sites is 1. The van der Waals surface area contributed by atoms with E-state index in [1.54, 1.807) is 13.2 Å². The number of rotatable bonds is 6. The van der Waals surface area contributed by atoms with E-state index in [4.69, 9.17) is 9.26 Å². The predicted octanol–water partition coefficient (Wildman–Crippen LogP) is 3.15. The minimum absolute atomic E-state index is 0.115. The van der Waals surface area contributed by atoms with Crippen LogP contribution in [0.5, 0.6) is 5.75 Å². The minimum Gasteiger partial charge on any atom is -0.496 e. The SMILES string of the molecule is COc1ccccc1-c1noc(C2CN(S(=O)(=O)/C=C/c3ccccc3)C2)n1. The van der Waals surface area contributed by atoms with Crippen LogP contribution in [0.1, 0.15) is 17.4 Å². The largest absolute Gasteiger partial charge is 0.496 e. The first kappa shape index (κ1) is 18.4. The first-order valence-corrected chi connectivity index (χ1v) is 10.3. The molecule has 0 spiro atoms. The van der Waals surface area contributed by atoms with E-state index in [0.717, 1.165) is 11.1 Å². The first-order chi connectivity index (χ1) is 13.6. The molecule has 1 aliphatic rings. The molecule has 0 radical (unpaired) electrons. The van der Waals surface area contributed by atoms with Crippen molar-refractivity contribution in [2.75, 3.05) is 20.2 Å². The highest BCUT2D eigenvalue weighted by molar-refractivity contribution is 7.92. The van der Waals surface area contributed by atoms with Gasteiger partial charge in [0.1, 0.15) is 5.75 Å². The molecule has 1 fully saturated rings. The Morgan fingerprint density at radius 3 is 2.57 bits per heavy atom. The van der Waals surface area contributed by atoms with E-state index < -0.39 is 10.0 Å². The van der Waals surface area contributed by atoms with Crippen LogP contribution in [0, 0.1) is 0 Å². The zero-order valence-corrected chi connectivity index (χ0v) is 16.0. The molecule has 7 nitrogen and oxygen atoms in total. The monoisotopic (exact) mass is 397 g/mol. The molecule has 1 aromatic heterocycles. The van der Waals surface area contributed by atoms with Crippen LogP contribution in [0.25, 0.3) is 17.5 Å². The summed E-state index contributed by atoms with van der Waals surface area (Å²) >= 11 is 0. The van der Waals surface area contributed by atoms with Gasteiger partial charge in [0.25, 0.3) is 0 Å². The standard InChI is InChI=1S/C20H19N3O4S/c1-26-18-10-6-5-9-17(18)19-21-20(27-22-19)16-13-23(14-16)28(24,25)12-11-15-7-3-2-4-8-15/h2-12,16H,13-14H2,1H3/b12-11+. The predicted molar refractivity (Wildman–Crippen MR) is 105 cm³/mol. The molecule has 144 valence electrons. The Hall–Kier alpha value is -2.97. The van der Waals surface area contributed by atoms with Crippen LogP contribution in [0.4, 0.5) is 0 Å². The lowest BCUT2D eigenvalue weighted by molar-refractivity contribution is 0.219. The molecular formula is C20H19N3O4S. The molecule has 0 unspecified atom stereocenters. The van der Waals surface area contributed by atoms with Gasteiger partial charge in [-0.15, -0.1) is 0 Å². The molecule has 28 heavy (non-hydrogen) atoms. The second-order valence-electron chi connectivity index (χ2n) is 6.43. The lowest BCUT2D eigenvalue weighted by atomic mass is 10.0. The number of hydrogen-bond acceptors (Lipinski definition) is 6. The lowest BCUT2D eigenvalue weighted by Gasteiger charge is -2.34. The van der Waals surface area contributed by atoms with Gasteiger partial charge in [-0.05, 0) is 23.8 Å². The summed E-state index contributed by atoms with van der Waals surface area (Å²) in [6.07, 6.45) is 1.59. The van der Waals surface area contributed by atoms with Crippen LogP contribution in [0.2, 0.25) is 0 Å². The van der Waals surface area contributed by atoms with Gasteiger partial charge < -0.3 is 9.26 Å². The normalized spacial score (nSPS) is 15.6. The second kappa shape index (κ2) is 7.57. The molecule has 0 aliphatic carbocycles. The first-order valence-electron chi connectivity index (χ1n) is 8.77. The van der Waals surface area contributed by atoms with Crippen LogP contribution < -0.4 is 4.74 Å². The topological polar surface area (TPSA) is 85.5 Å². The average Bonchev–Trinajstić information content (AvgIpc) is 3.15. The summed E-state index contributed by atoms with van der Waals surface area (Å²) in [4.78, 5) is 4.42.